The fourth-order valence-electron chi connectivity index (χ4n) is 0. The fourth-order valence-corrected chi connectivity index (χ4v) is 0. The first-order chi connectivity index (χ1) is 3.00. The van der Waals surface area contributed by atoms with Crippen molar-refractivity contribution in [1.82, 2.24) is 0 Å². The van der Waals surface area contributed by atoms with Gasteiger partial charge in [0.1, 0.15) is 0 Å². The Kier molecular flexibility index (Phi) is 7.59. The van der Waals surface area contributed by atoms with E-state index >= 15 is 0 Å². The van der Waals surface area contributed by atoms with E-state index in [0.717, 1.165) is 26.1 Å². The molecule has 0 atom stereocenters. The van der Waals surface area contributed by atoms with Gasteiger partial charge in [-0.05, 0) is 0 Å². The molecule has 7 heavy (non-hydrogen) atoms. The summed E-state index contributed by atoms with van der Waals surface area (Å²) in [5.74, 6) is 0. The maximum atomic E-state index is 8.52. The summed E-state index contributed by atoms with van der Waals surface area (Å²) in [4.78, 5) is 0. The molecule has 0 rings (SSSR count). The summed E-state index contributed by atoms with van der Waals surface area (Å²) in [6.45, 7) is 0. The summed E-state index contributed by atoms with van der Waals surface area (Å²) in [6, 6.07) is 0. The van der Waals surface area contributed by atoms with Crippen LogP contribution in [0.3, 0.4) is 0 Å². The standard InChI is InChI=1S/CH3.Hg.H2O4S/c;;1-5(2,3)4/h1H3;;(H2,1,2,3,4)/q;+2;/p-2. The van der Waals surface area contributed by atoms with Crippen LogP contribution in [0.5, 0.6) is 0 Å². The average molecular weight is 312 g/mol. The molecule has 6 heteroatoms. The monoisotopic (exact) mass is 313 g/mol. The minimum absolute atomic E-state index is 1.03. The Bertz CT molecular complexity index is 94.9. The van der Waals surface area contributed by atoms with Crippen LogP contribution in [-0.2, 0) is 36.5 Å². The molecule has 0 aliphatic rings. The molecule has 0 aromatic heterocycles. The molecule has 0 saturated carbocycles. The fraction of sp³-hybridized carbons (Fsp3) is 1.00. The molecule has 0 saturated heterocycles. The van der Waals surface area contributed by atoms with E-state index in [0.29, 0.717) is 0 Å². The molecule has 0 amide bonds. The van der Waals surface area contributed by atoms with Gasteiger partial charge in [0.25, 0.3) is 0 Å². The Morgan fingerprint density at radius 1 is 1.29 bits per heavy atom. The number of hydrogen-bond donors (Lipinski definition) is 0. The van der Waals surface area contributed by atoms with Gasteiger partial charge in [-0.2, -0.15) is 0 Å². The molecule has 0 N–H and O–H groups in total. The van der Waals surface area contributed by atoms with E-state index in [9.17, 15) is 0 Å². The van der Waals surface area contributed by atoms with E-state index in [4.69, 9.17) is 17.5 Å². The second-order valence-electron chi connectivity index (χ2n) is 0.408. The second-order valence-corrected chi connectivity index (χ2v) is 1.22. The van der Waals surface area contributed by atoms with Gasteiger partial charge in [-0.3, -0.25) is 8.42 Å². The van der Waals surface area contributed by atoms with E-state index in [-0.39, 0.29) is 0 Å². The second kappa shape index (κ2) is 4.95. The molecular weight excluding hydrogens is 309 g/mol. The van der Waals surface area contributed by atoms with Crippen molar-refractivity contribution in [2.75, 3.05) is 0 Å². The summed E-state index contributed by atoms with van der Waals surface area (Å²) in [6.07, 6.45) is 0. The van der Waals surface area contributed by atoms with Gasteiger partial charge in [-0.25, -0.2) is 0 Å². The van der Waals surface area contributed by atoms with E-state index < -0.39 is 10.4 Å². The van der Waals surface area contributed by atoms with Crippen molar-refractivity contribution < 1.29 is 43.6 Å². The summed E-state index contributed by atoms with van der Waals surface area (Å²) < 4.78 is 36.3. The first-order valence-corrected chi connectivity index (χ1v) is 8.20. The van der Waals surface area contributed by atoms with Crippen LogP contribution in [0.2, 0.25) is 4.43 Å². The van der Waals surface area contributed by atoms with Crippen molar-refractivity contribution in [3.63, 3.8) is 0 Å². The normalized spacial score (nSPS) is 9.29. The molecule has 0 aromatic carbocycles. The van der Waals surface area contributed by atoms with Gasteiger partial charge < -0.3 is 9.11 Å². The quantitative estimate of drug-likeness (QED) is 0.335. The molecule has 4 nitrogen and oxygen atoms in total. The number of rotatable bonds is 0. The van der Waals surface area contributed by atoms with Gasteiger partial charge in [0.2, 0.25) is 0 Å². The molecule has 0 aromatic rings. The Morgan fingerprint density at radius 3 is 1.29 bits per heavy atom. The van der Waals surface area contributed by atoms with Crippen LogP contribution in [0.15, 0.2) is 0 Å². The topological polar surface area (TPSA) is 80.3 Å². The van der Waals surface area contributed by atoms with Gasteiger partial charge >= 0.3 is 30.6 Å². The molecular formula is CH3HgO4S. The third-order valence-corrected chi connectivity index (χ3v) is 0. The van der Waals surface area contributed by atoms with Crippen LogP contribution in [0, 0.1) is 0 Å². The van der Waals surface area contributed by atoms with Crippen molar-refractivity contribution in [3.8, 4) is 0 Å². The first kappa shape index (κ1) is 10.7. The summed E-state index contributed by atoms with van der Waals surface area (Å²) in [5, 5.41) is 0. The molecule has 39 valence electrons. The Hall–Kier alpha value is 0.805. The SMILES string of the molecule is O=S(=O)([O-])[O-].[CH3][Hg+2]. The zero-order valence-electron chi connectivity index (χ0n) is 3.75. The Labute approximate surface area is 58.5 Å². The van der Waals surface area contributed by atoms with Gasteiger partial charge in [0.05, 0.1) is 0 Å². The van der Waals surface area contributed by atoms with Gasteiger partial charge in [0, 0.05) is 10.4 Å². The third kappa shape index (κ3) is 242. The molecule has 0 aliphatic carbocycles. The van der Waals surface area contributed by atoms with Crippen molar-refractivity contribution >= 4 is 10.4 Å². The predicted molar refractivity (Wildman–Crippen MR) is 16.3 cm³/mol. The van der Waals surface area contributed by atoms with E-state index in [1.807, 2.05) is 0 Å². The van der Waals surface area contributed by atoms with Gasteiger partial charge in [0.15, 0.2) is 0 Å². The Balaban J connectivity index is 0. The van der Waals surface area contributed by atoms with Crippen LogP contribution < -0.4 is 0 Å². The van der Waals surface area contributed by atoms with Crippen LogP contribution in [0.4, 0.5) is 0 Å². The average Bonchev–Trinajstić information content (AvgIpc) is 1.36. The van der Waals surface area contributed by atoms with Crippen LogP contribution in [-0.4, -0.2) is 17.5 Å². The van der Waals surface area contributed by atoms with Crippen molar-refractivity contribution in [2.24, 2.45) is 0 Å². The summed E-state index contributed by atoms with van der Waals surface area (Å²) in [5.41, 5.74) is 0. The van der Waals surface area contributed by atoms with E-state index in [2.05, 4.69) is 4.43 Å². The molecule has 0 spiro atoms. The van der Waals surface area contributed by atoms with E-state index in [1.54, 1.807) is 0 Å². The predicted octanol–water partition coefficient (Wildman–Crippen LogP) is -0.757. The zero-order chi connectivity index (χ0) is 6.50. The Morgan fingerprint density at radius 2 is 1.29 bits per heavy atom. The van der Waals surface area contributed by atoms with Crippen LogP contribution in [0.25, 0.3) is 0 Å². The molecule has 0 bridgehead atoms. The third-order valence-electron chi connectivity index (χ3n) is 0. The van der Waals surface area contributed by atoms with Crippen LogP contribution in [0.1, 0.15) is 0 Å². The molecule has 0 aliphatic heterocycles. The van der Waals surface area contributed by atoms with Gasteiger partial charge in [-0.1, -0.05) is 0 Å². The maximum absolute atomic E-state index is 8.52. The minimum atomic E-state index is -5.17. The molecule has 0 unspecified atom stereocenters. The molecule has 0 radical (unpaired) electrons. The molecule has 0 heterocycles. The van der Waals surface area contributed by atoms with Gasteiger partial charge in [-0.15, -0.1) is 0 Å². The molecule has 0 fully saturated rings. The van der Waals surface area contributed by atoms with Crippen molar-refractivity contribution in [2.45, 2.75) is 4.43 Å². The first-order valence-electron chi connectivity index (χ1n) is 1.37. The van der Waals surface area contributed by atoms with E-state index in [1.165, 1.54) is 0 Å². The van der Waals surface area contributed by atoms with Crippen molar-refractivity contribution in [1.29, 1.82) is 0 Å². The van der Waals surface area contributed by atoms with Crippen molar-refractivity contribution in [3.05, 3.63) is 0 Å². The van der Waals surface area contributed by atoms with Crippen LogP contribution >= 0.6 is 0 Å². The zero-order valence-corrected chi connectivity index (χ0v) is 10.1. The summed E-state index contributed by atoms with van der Waals surface area (Å²) in [7, 11) is -5.17. The number of hydrogen-bond acceptors (Lipinski definition) is 4. The summed E-state index contributed by atoms with van der Waals surface area (Å²) >= 11 is 1.03.